The van der Waals surface area contributed by atoms with Crippen LogP contribution in [0.3, 0.4) is 0 Å². The van der Waals surface area contributed by atoms with Crippen LogP contribution in [0.1, 0.15) is 60.8 Å². The van der Waals surface area contributed by atoms with E-state index in [1.807, 2.05) is 6.92 Å². The first-order chi connectivity index (χ1) is 13.7. The topological polar surface area (TPSA) is 32.3 Å². The summed E-state index contributed by atoms with van der Waals surface area (Å²) >= 11 is 0. The summed E-state index contributed by atoms with van der Waals surface area (Å²) in [5, 5.41) is 3.17. The molecule has 1 amide bonds. The number of rotatable bonds is 6. The van der Waals surface area contributed by atoms with Gasteiger partial charge in [0.15, 0.2) is 0 Å². The molecular formula is C25H32N2O. The predicted molar refractivity (Wildman–Crippen MR) is 116 cm³/mol. The summed E-state index contributed by atoms with van der Waals surface area (Å²) in [5.41, 5.74) is 6.75. The van der Waals surface area contributed by atoms with E-state index >= 15 is 0 Å². The minimum atomic E-state index is -0.0962. The number of para-hydroxylation sites is 1. The van der Waals surface area contributed by atoms with Gasteiger partial charge in [-0.3, -0.25) is 4.79 Å². The molecule has 2 aromatic carbocycles. The number of fused-ring (bicyclic) bond motifs is 1. The highest BCUT2D eigenvalue weighted by Crippen LogP contribution is 2.26. The molecule has 2 aliphatic rings. The zero-order chi connectivity index (χ0) is 19.3. The standard InChI is InChI=1S/C25H32N2O/c1-19(22-13-12-20-8-2-3-10-23(20)18-22)25(28)26-15-14-21-9-4-5-11-24(21)27-16-6-7-17-27/h4-5,9,11-13,18-19H,2-3,6-8,10,14-17H2,1H3,(H,26,28). The van der Waals surface area contributed by atoms with Crippen molar-refractivity contribution in [3.8, 4) is 0 Å². The third-order valence-electron chi connectivity index (χ3n) is 6.40. The van der Waals surface area contributed by atoms with E-state index in [2.05, 4.69) is 52.7 Å². The van der Waals surface area contributed by atoms with E-state index in [4.69, 9.17) is 0 Å². The molecule has 3 nitrogen and oxygen atoms in total. The third kappa shape index (κ3) is 4.24. The Labute approximate surface area is 169 Å². The summed E-state index contributed by atoms with van der Waals surface area (Å²) < 4.78 is 0. The second-order valence-corrected chi connectivity index (χ2v) is 8.32. The number of carbonyl (C=O) groups excluding carboxylic acids is 1. The number of hydrogen-bond donors (Lipinski definition) is 1. The van der Waals surface area contributed by atoms with Gasteiger partial charge in [-0.1, -0.05) is 36.4 Å². The highest BCUT2D eigenvalue weighted by atomic mass is 16.1. The van der Waals surface area contributed by atoms with Crippen LogP contribution in [0.4, 0.5) is 5.69 Å². The smallest absolute Gasteiger partial charge is 0.227 e. The Kier molecular flexibility index (Phi) is 5.99. The Morgan fingerprint density at radius 2 is 1.75 bits per heavy atom. The minimum absolute atomic E-state index is 0.0962. The van der Waals surface area contributed by atoms with Crippen LogP contribution in [0, 0.1) is 0 Å². The van der Waals surface area contributed by atoms with Gasteiger partial charge in [-0.25, -0.2) is 0 Å². The van der Waals surface area contributed by atoms with Crippen molar-refractivity contribution in [3.05, 3.63) is 64.7 Å². The molecule has 1 unspecified atom stereocenters. The van der Waals surface area contributed by atoms with E-state index in [-0.39, 0.29) is 11.8 Å². The Hall–Kier alpha value is -2.29. The normalized spacial score (nSPS) is 17.2. The van der Waals surface area contributed by atoms with Gasteiger partial charge in [0.2, 0.25) is 5.91 Å². The summed E-state index contributed by atoms with van der Waals surface area (Å²) in [6.07, 6.45) is 8.36. The van der Waals surface area contributed by atoms with Crippen molar-refractivity contribution in [3.63, 3.8) is 0 Å². The number of nitrogens with zero attached hydrogens (tertiary/aromatic N) is 1. The molecule has 2 aromatic rings. The molecule has 1 aliphatic carbocycles. The number of aryl methyl sites for hydroxylation is 2. The Morgan fingerprint density at radius 1 is 1.00 bits per heavy atom. The van der Waals surface area contributed by atoms with Gasteiger partial charge in [0, 0.05) is 25.3 Å². The average Bonchev–Trinajstić information content (AvgIpc) is 3.28. The van der Waals surface area contributed by atoms with Crippen LogP contribution < -0.4 is 10.2 Å². The lowest BCUT2D eigenvalue weighted by Gasteiger charge is -2.22. The van der Waals surface area contributed by atoms with E-state index in [1.54, 1.807) is 0 Å². The second kappa shape index (κ2) is 8.81. The molecule has 1 aliphatic heterocycles. The Balaban J connectivity index is 1.35. The van der Waals surface area contributed by atoms with E-state index in [1.165, 1.54) is 54.5 Å². The summed E-state index contributed by atoms with van der Waals surface area (Å²) in [6, 6.07) is 15.3. The molecule has 1 atom stereocenters. The quantitative estimate of drug-likeness (QED) is 0.797. The van der Waals surface area contributed by atoms with Crippen molar-refractivity contribution in [1.29, 1.82) is 0 Å². The van der Waals surface area contributed by atoms with Gasteiger partial charge in [0.25, 0.3) is 0 Å². The second-order valence-electron chi connectivity index (χ2n) is 8.32. The number of carbonyl (C=O) groups is 1. The molecule has 1 saturated heterocycles. The van der Waals surface area contributed by atoms with Gasteiger partial charge in [-0.05, 0) is 80.2 Å². The Bertz CT molecular complexity index is 823. The highest BCUT2D eigenvalue weighted by Gasteiger charge is 2.19. The summed E-state index contributed by atoms with van der Waals surface area (Å²) in [4.78, 5) is 15.2. The number of benzene rings is 2. The van der Waals surface area contributed by atoms with Crippen molar-refractivity contribution in [2.75, 3.05) is 24.5 Å². The van der Waals surface area contributed by atoms with Crippen LogP contribution in [-0.2, 0) is 24.1 Å². The fourth-order valence-corrected chi connectivity index (χ4v) is 4.64. The fourth-order valence-electron chi connectivity index (χ4n) is 4.64. The first kappa shape index (κ1) is 19.0. The van der Waals surface area contributed by atoms with Gasteiger partial charge in [-0.2, -0.15) is 0 Å². The molecule has 4 rings (SSSR count). The van der Waals surface area contributed by atoms with E-state index in [0.717, 1.165) is 31.5 Å². The van der Waals surface area contributed by atoms with Crippen LogP contribution in [0.5, 0.6) is 0 Å². The summed E-state index contributed by atoms with van der Waals surface area (Å²) in [7, 11) is 0. The molecule has 148 valence electrons. The largest absolute Gasteiger partial charge is 0.371 e. The summed E-state index contributed by atoms with van der Waals surface area (Å²) in [5.74, 6) is 0.0375. The maximum atomic E-state index is 12.7. The molecule has 1 heterocycles. The number of amides is 1. The van der Waals surface area contributed by atoms with Crippen LogP contribution in [0.25, 0.3) is 0 Å². The van der Waals surface area contributed by atoms with Crippen molar-refractivity contribution in [2.24, 2.45) is 0 Å². The van der Waals surface area contributed by atoms with Crippen LogP contribution in [0.15, 0.2) is 42.5 Å². The molecule has 3 heteroatoms. The first-order valence-corrected chi connectivity index (χ1v) is 10.9. The lowest BCUT2D eigenvalue weighted by molar-refractivity contribution is -0.122. The van der Waals surface area contributed by atoms with Crippen molar-refractivity contribution >= 4 is 11.6 Å². The maximum Gasteiger partial charge on any atom is 0.227 e. The third-order valence-corrected chi connectivity index (χ3v) is 6.40. The molecule has 0 saturated carbocycles. The highest BCUT2D eigenvalue weighted by molar-refractivity contribution is 5.83. The van der Waals surface area contributed by atoms with Crippen LogP contribution in [0.2, 0.25) is 0 Å². The maximum absolute atomic E-state index is 12.7. The van der Waals surface area contributed by atoms with Gasteiger partial charge in [0.05, 0.1) is 5.92 Å². The molecule has 0 spiro atoms. The molecule has 1 fully saturated rings. The van der Waals surface area contributed by atoms with Crippen molar-refractivity contribution in [2.45, 2.75) is 57.8 Å². The molecule has 0 radical (unpaired) electrons. The van der Waals surface area contributed by atoms with Crippen molar-refractivity contribution in [1.82, 2.24) is 5.32 Å². The average molecular weight is 377 g/mol. The molecule has 0 aromatic heterocycles. The summed E-state index contributed by atoms with van der Waals surface area (Å²) in [6.45, 7) is 5.02. The zero-order valence-electron chi connectivity index (χ0n) is 17.0. The van der Waals surface area contributed by atoms with E-state index in [0.29, 0.717) is 6.54 Å². The number of nitrogens with one attached hydrogen (secondary N) is 1. The first-order valence-electron chi connectivity index (χ1n) is 10.9. The molecule has 1 N–H and O–H groups in total. The van der Waals surface area contributed by atoms with Crippen LogP contribution in [-0.4, -0.2) is 25.5 Å². The lowest BCUT2D eigenvalue weighted by atomic mass is 9.88. The minimum Gasteiger partial charge on any atom is -0.371 e. The SMILES string of the molecule is CC(C(=O)NCCc1ccccc1N1CCCC1)c1ccc2c(c1)CCCC2. The number of anilines is 1. The van der Waals surface area contributed by atoms with Gasteiger partial charge in [-0.15, -0.1) is 0 Å². The fraction of sp³-hybridized carbons (Fsp3) is 0.480. The lowest BCUT2D eigenvalue weighted by Crippen LogP contribution is -2.30. The molecule has 28 heavy (non-hydrogen) atoms. The Morgan fingerprint density at radius 3 is 2.57 bits per heavy atom. The van der Waals surface area contributed by atoms with Crippen molar-refractivity contribution < 1.29 is 4.79 Å². The monoisotopic (exact) mass is 376 g/mol. The van der Waals surface area contributed by atoms with Gasteiger partial charge < -0.3 is 10.2 Å². The molecule has 0 bridgehead atoms. The molecular weight excluding hydrogens is 344 g/mol. The zero-order valence-corrected chi connectivity index (χ0v) is 17.0. The van der Waals surface area contributed by atoms with E-state index < -0.39 is 0 Å². The van der Waals surface area contributed by atoms with Gasteiger partial charge >= 0.3 is 0 Å². The van der Waals surface area contributed by atoms with Gasteiger partial charge in [0.1, 0.15) is 0 Å². The van der Waals surface area contributed by atoms with E-state index in [9.17, 15) is 4.79 Å². The predicted octanol–water partition coefficient (Wildman–Crippen LogP) is 4.63. The van der Waals surface area contributed by atoms with Crippen LogP contribution >= 0.6 is 0 Å². The number of hydrogen-bond acceptors (Lipinski definition) is 2.